The molecule has 0 atom stereocenters. The molecule has 1 amide bonds. The minimum Gasteiger partial charge on any atom is -0.461 e. The smallest absolute Gasteiger partial charge is 0.338 e. The van der Waals surface area contributed by atoms with Crippen LogP contribution in [0.4, 0.5) is 5.69 Å². The lowest BCUT2D eigenvalue weighted by atomic mass is 10.2. The third-order valence-corrected chi connectivity index (χ3v) is 3.30. The van der Waals surface area contributed by atoms with Crippen LogP contribution in [0.1, 0.15) is 24.2 Å². The first kappa shape index (κ1) is 17.5. The molecule has 116 valence electrons. The third kappa shape index (κ3) is 6.14. The standard InChI is InChI=1S/C15H21ClN2O3/c1-3-18(4-2)9-10-21-15(20)12-5-7-13(8-6-12)17-14(19)11-16/h5-8H,3-4,9-11H2,1-2H3,(H,17,19). The Morgan fingerprint density at radius 3 is 2.33 bits per heavy atom. The highest BCUT2D eigenvalue weighted by molar-refractivity contribution is 6.29. The second kappa shape index (κ2) is 9.37. The van der Waals surface area contributed by atoms with Crippen molar-refractivity contribution in [2.24, 2.45) is 0 Å². The molecule has 0 heterocycles. The van der Waals surface area contributed by atoms with Gasteiger partial charge in [0.2, 0.25) is 5.91 Å². The summed E-state index contributed by atoms with van der Waals surface area (Å²) in [5, 5.41) is 2.60. The molecule has 5 nitrogen and oxygen atoms in total. The van der Waals surface area contributed by atoms with Gasteiger partial charge < -0.3 is 15.0 Å². The Morgan fingerprint density at radius 1 is 1.19 bits per heavy atom. The highest BCUT2D eigenvalue weighted by atomic mass is 35.5. The first-order valence-electron chi connectivity index (χ1n) is 6.96. The van der Waals surface area contributed by atoms with Gasteiger partial charge in [0, 0.05) is 12.2 Å². The Kier molecular flexibility index (Phi) is 7.79. The average molecular weight is 313 g/mol. The zero-order valence-electron chi connectivity index (χ0n) is 12.4. The SMILES string of the molecule is CCN(CC)CCOC(=O)c1ccc(NC(=O)CCl)cc1. The molecule has 0 fully saturated rings. The molecule has 0 saturated carbocycles. The molecule has 1 rings (SSSR count). The predicted octanol–water partition coefficient (Wildman–Crippen LogP) is 2.36. The van der Waals surface area contributed by atoms with Crippen LogP contribution in [0, 0.1) is 0 Å². The quantitative estimate of drug-likeness (QED) is 0.591. The predicted molar refractivity (Wildman–Crippen MR) is 83.9 cm³/mol. The van der Waals surface area contributed by atoms with Gasteiger partial charge in [0.05, 0.1) is 5.56 Å². The summed E-state index contributed by atoms with van der Waals surface area (Å²) in [6, 6.07) is 6.52. The van der Waals surface area contributed by atoms with Gasteiger partial charge in [-0.25, -0.2) is 4.79 Å². The number of nitrogens with zero attached hydrogens (tertiary/aromatic N) is 1. The zero-order chi connectivity index (χ0) is 15.7. The van der Waals surface area contributed by atoms with Gasteiger partial charge in [-0.05, 0) is 37.4 Å². The molecule has 0 bridgehead atoms. The van der Waals surface area contributed by atoms with Crippen molar-refractivity contribution in [3.63, 3.8) is 0 Å². The fourth-order valence-electron chi connectivity index (χ4n) is 1.77. The summed E-state index contributed by atoms with van der Waals surface area (Å²) in [6.45, 7) is 7.10. The number of benzene rings is 1. The zero-order valence-corrected chi connectivity index (χ0v) is 13.2. The summed E-state index contributed by atoms with van der Waals surface area (Å²) in [6.07, 6.45) is 0. The van der Waals surface area contributed by atoms with E-state index in [1.54, 1.807) is 24.3 Å². The summed E-state index contributed by atoms with van der Waals surface area (Å²) in [7, 11) is 0. The Bertz CT molecular complexity index is 458. The molecule has 0 unspecified atom stereocenters. The van der Waals surface area contributed by atoms with E-state index in [4.69, 9.17) is 16.3 Å². The van der Waals surface area contributed by atoms with E-state index in [2.05, 4.69) is 24.1 Å². The Labute approximate surface area is 130 Å². The van der Waals surface area contributed by atoms with E-state index in [-0.39, 0.29) is 17.8 Å². The van der Waals surface area contributed by atoms with Crippen LogP contribution in [0.3, 0.4) is 0 Å². The number of hydrogen-bond donors (Lipinski definition) is 1. The van der Waals surface area contributed by atoms with Gasteiger partial charge >= 0.3 is 5.97 Å². The van der Waals surface area contributed by atoms with Crippen LogP contribution < -0.4 is 5.32 Å². The van der Waals surface area contributed by atoms with E-state index in [1.165, 1.54) is 0 Å². The number of carbonyl (C=O) groups excluding carboxylic acids is 2. The molecule has 0 saturated heterocycles. The van der Waals surface area contributed by atoms with E-state index < -0.39 is 0 Å². The topological polar surface area (TPSA) is 58.6 Å². The lowest BCUT2D eigenvalue weighted by molar-refractivity contribution is -0.113. The fraction of sp³-hybridized carbons (Fsp3) is 0.467. The summed E-state index contributed by atoms with van der Waals surface area (Å²) >= 11 is 5.40. The van der Waals surface area contributed by atoms with Crippen LogP contribution in [0.5, 0.6) is 0 Å². The van der Waals surface area contributed by atoms with Crippen molar-refractivity contribution >= 4 is 29.2 Å². The number of hydrogen-bond acceptors (Lipinski definition) is 4. The van der Waals surface area contributed by atoms with Crippen LogP contribution in [0.15, 0.2) is 24.3 Å². The largest absolute Gasteiger partial charge is 0.461 e. The number of alkyl halides is 1. The van der Waals surface area contributed by atoms with Crippen molar-refractivity contribution in [3.05, 3.63) is 29.8 Å². The van der Waals surface area contributed by atoms with E-state index in [1.807, 2.05) is 0 Å². The third-order valence-electron chi connectivity index (χ3n) is 3.06. The molecular formula is C15H21ClN2O3. The molecule has 1 aromatic rings. The fourth-order valence-corrected chi connectivity index (χ4v) is 1.84. The number of rotatable bonds is 8. The number of nitrogens with one attached hydrogen (secondary N) is 1. The van der Waals surface area contributed by atoms with E-state index in [0.717, 1.165) is 19.6 Å². The van der Waals surface area contributed by atoms with Gasteiger partial charge in [-0.15, -0.1) is 11.6 Å². The van der Waals surface area contributed by atoms with Crippen LogP contribution >= 0.6 is 11.6 Å². The number of amides is 1. The minimum absolute atomic E-state index is 0.102. The van der Waals surface area contributed by atoms with Crippen molar-refractivity contribution in [1.82, 2.24) is 4.90 Å². The normalized spacial score (nSPS) is 10.5. The number of likely N-dealkylation sites (N-methyl/N-ethyl adjacent to an activating group) is 1. The van der Waals surface area contributed by atoms with Gasteiger partial charge in [-0.3, -0.25) is 4.79 Å². The maximum atomic E-state index is 11.8. The van der Waals surface area contributed by atoms with Crippen molar-refractivity contribution < 1.29 is 14.3 Å². The first-order valence-corrected chi connectivity index (χ1v) is 7.49. The molecule has 0 spiro atoms. The maximum Gasteiger partial charge on any atom is 0.338 e. The maximum absolute atomic E-state index is 11.8. The minimum atomic E-state index is -0.364. The molecule has 0 aromatic heterocycles. The molecular weight excluding hydrogens is 292 g/mol. The number of ether oxygens (including phenoxy) is 1. The summed E-state index contributed by atoms with van der Waals surface area (Å²) in [5.41, 5.74) is 1.05. The second-order valence-corrected chi connectivity index (χ2v) is 4.69. The van der Waals surface area contributed by atoms with Gasteiger partial charge in [0.15, 0.2) is 0 Å². The molecule has 0 aliphatic carbocycles. The Balaban J connectivity index is 2.46. The molecule has 1 N–H and O–H groups in total. The molecule has 6 heteroatoms. The molecule has 1 aromatic carbocycles. The molecule has 0 aliphatic rings. The molecule has 0 radical (unpaired) electrons. The van der Waals surface area contributed by atoms with Crippen LogP contribution in [-0.2, 0) is 9.53 Å². The molecule has 21 heavy (non-hydrogen) atoms. The van der Waals surface area contributed by atoms with Crippen molar-refractivity contribution in [3.8, 4) is 0 Å². The van der Waals surface area contributed by atoms with Crippen LogP contribution in [-0.4, -0.2) is 48.9 Å². The highest BCUT2D eigenvalue weighted by Crippen LogP contribution is 2.10. The lowest BCUT2D eigenvalue weighted by Gasteiger charge is -2.17. The lowest BCUT2D eigenvalue weighted by Crippen LogP contribution is -2.27. The van der Waals surface area contributed by atoms with E-state index >= 15 is 0 Å². The number of carbonyl (C=O) groups is 2. The second-order valence-electron chi connectivity index (χ2n) is 4.42. The number of esters is 1. The van der Waals surface area contributed by atoms with Crippen LogP contribution in [0.25, 0.3) is 0 Å². The monoisotopic (exact) mass is 312 g/mol. The highest BCUT2D eigenvalue weighted by Gasteiger charge is 2.08. The van der Waals surface area contributed by atoms with Gasteiger partial charge in [-0.2, -0.15) is 0 Å². The average Bonchev–Trinajstić information content (AvgIpc) is 2.52. The van der Waals surface area contributed by atoms with Crippen molar-refractivity contribution in [2.45, 2.75) is 13.8 Å². The Morgan fingerprint density at radius 2 is 1.81 bits per heavy atom. The number of anilines is 1. The van der Waals surface area contributed by atoms with Crippen molar-refractivity contribution in [2.75, 3.05) is 37.4 Å². The summed E-state index contributed by atoms with van der Waals surface area (Å²) < 4.78 is 5.22. The molecule has 0 aliphatic heterocycles. The number of halogens is 1. The Hall–Kier alpha value is -1.59. The van der Waals surface area contributed by atoms with Gasteiger partial charge in [0.25, 0.3) is 0 Å². The van der Waals surface area contributed by atoms with Crippen molar-refractivity contribution in [1.29, 1.82) is 0 Å². The summed E-state index contributed by atoms with van der Waals surface area (Å²) in [4.78, 5) is 25.1. The van der Waals surface area contributed by atoms with E-state index in [9.17, 15) is 9.59 Å². The van der Waals surface area contributed by atoms with Crippen LogP contribution in [0.2, 0.25) is 0 Å². The van der Waals surface area contributed by atoms with Gasteiger partial charge in [0.1, 0.15) is 12.5 Å². The van der Waals surface area contributed by atoms with E-state index in [0.29, 0.717) is 17.9 Å². The van der Waals surface area contributed by atoms with Gasteiger partial charge in [-0.1, -0.05) is 13.8 Å². The summed E-state index contributed by atoms with van der Waals surface area (Å²) in [5.74, 6) is -0.751. The first-order chi connectivity index (χ1) is 10.1.